The molecule has 1 aromatic heterocycles. The van der Waals surface area contributed by atoms with Crippen LogP contribution in [0.15, 0.2) is 67.8 Å². The number of benzene rings is 2. The Morgan fingerprint density at radius 2 is 1.73 bits per heavy atom. The highest BCUT2D eigenvalue weighted by Crippen LogP contribution is 2.67. The maximum atomic E-state index is 13.3. The van der Waals surface area contributed by atoms with Crippen molar-refractivity contribution in [2.45, 2.75) is 118 Å². The third kappa shape index (κ3) is 7.24. The lowest BCUT2D eigenvalue weighted by molar-refractivity contribution is -0.153. The van der Waals surface area contributed by atoms with E-state index in [0.717, 1.165) is 59.2 Å². The van der Waals surface area contributed by atoms with E-state index >= 15 is 0 Å². The van der Waals surface area contributed by atoms with Gasteiger partial charge in [-0.05, 0) is 135 Å². The lowest BCUT2D eigenvalue weighted by Gasteiger charge is -2.58. The normalized spacial score (nSPS) is 30.2. The molecule has 0 spiro atoms. The Kier molecular flexibility index (Phi) is 10.7. The lowest BCUT2D eigenvalue weighted by Crippen LogP contribution is -2.51. The molecule has 0 radical (unpaired) electrons. The zero-order valence-electron chi connectivity index (χ0n) is 32.0. The van der Waals surface area contributed by atoms with Crippen LogP contribution in [0.5, 0.6) is 17.2 Å². The summed E-state index contributed by atoms with van der Waals surface area (Å²) < 4.78 is 24.6. The van der Waals surface area contributed by atoms with Crippen molar-refractivity contribution in [2.24, 2.45) is 46.3 Å². The minimum atomic E-state index is -0.369. The van der Waals surface area contributed by atoms with E-state index in [1.165, 1.54) is 56.9 Å². The fourth-order valence-corrected chi connectivity index (χ4v) is 11.5. The standard InChI is InChI=1S/C45H57BrO6/c1-27(2)8-7-9-28(3)37-18-19-38-35-16-10-30-24-34(20-22-44(30,5)39(35)21-23-45(37,38)6)51-41(47)26-49-33-15-17-36-40(25-33)50-29(4)43(42(36)48)52-32-13-11-31(46)12-14-32/h10-15,17,25,27-28,34-35,37-39H,7-9,16,18-24,26H2,1-6H3/t28-,34-,35+,37+,38+,39+,44-,45-/m1/s1. The first-order valence-electron chi connectivity index (χ1n) is 19.9. The van der Waals surface area contributed by atoms with Gasteiger partial charge in [-0.1, -0.05) is 81.5 Å². The van der Waals surface area contributed by atoms with E-state index in [-0.39, 0.29) is 35.3 Å². The molecular weight excluding hydrogens is 716 g/mol. The summed E-state index contributed by atoms with van der Waals surface area (Å²) in [4.78, 5) is 26.3. The SMILES string of the molecule is Cc1oc2cc(OCC(=O)O[C@@H]3CC[C@]4(C)C(=CC[C@H]5[C@@H]6CC[C@@H]([C@H](C)CCCC(C)C)[C@@]6(C)CC[C@@H]54)C3)ccc2c(=O)c1Oc1ccc(Br)cc1. The summed E-state index contributed by atoms with van der Waals surface area (Å²) in [5.41, 5.74) is 2.32. The molecule has 0 N–H and O–H groups in total. The molecule has 2 aromatic carbocycles. The van der Waals surface area contributed by atoms with Crippen LogP contribution in [0.4, 0.5) is 0 Å². The van der Waals surface area contributed by atoms with Crippen molar-refractivity contribution >= 4 is 32.9 Å². The fourth-order valence-electron chi connectivity index (χ4n) is 11.2. The van der Waals surface area contributed by atoms with Crippen molar-refractivity contribution in [2.75, 3.05) is 6.61 Å². The maximum Gasteiger partial charge on any atom is 0.344 e. The molecule has 7 rings (SSSR count). The van der Waals surface area contributed by atoms with Gasteiger partial charge in [-0.3, -0.25) is 4.79 Å². The zero-order chi connectivity index (χ0) is 36.8. The first kappa shape index (κ1) is 37.3. The van der Waals surface area contributed by atoms with E-state index in [9.17, 15) is 9.59 Å². The quantitative estimate of drug-likeness (QED) is 0.143. The highest BCUT2D eigenvalue weighted by molar-refractivity contribution is 9.10. The van der Waals surface area contributed by atoms with Gasteiger partial charge in [-0.25, -0.2) is 4.79 Å². The van der Waals surface area contributed by atoms with E-state index in [0.29, 0.717) is 33.6 Å². The molecule has 4 aliphatic carbocycles. The summed E-state index contributed by atoms with van der Waals surface area (Å²) >= 11 is 3.41. The monoisotopic (exact) mass is 772 g/mol. The molecule has 0 unspecified atom stereocenters. The van der Waals surface area contributed by atoms with Crippen molar-refractivity contribution in [1.29, 1.82) is 0 Å². The predicted octanol–water partition coefficient (Wildman–Crippen LogP) is 12.0. The Balaban J connectivity index is 0.944. The molecule has 3 saturated carbocycles. The number of hydrogen-bond acceptors (Lipinski definition) is 6. The molecule has 280 valence electrons. The number of carbonyl (C=O) groups is 1. The van der Waals surface area contributed by atoms with Gasteiger partial charge >= 0.3 is 5.97 Å². The van der Waals surface area contributed by atoms with Gasteiger partial charge in [-0.15, -0.1) is 0 Å². The average molecular weight is 774 g/mol. The maximum absolute atomic E-state index is 13.3. The molecule has 6 nitrogen and oxygen atoms in total. The number of fused-ring (bicyclic) bond motifs is 6. The third-order valence-corrected chi connectivity index (χ3v) is 14.5. The molecule has 8 atom stereocenters. The second kappa shape index (κ2) is 15.0. The summed E-state index contributed by atoms with van der Waals surface area (Å²) in [6, 6.07) is 12.2. The fraction of sp³-hybridized carbons (Fsp3) is 0.600. The Bertz CT molecular complexity index is 1860. The van der Waals surface area contributed by atoms with Gasteiger partial charge < -0.3 is 18.6 Å². The minimum absolute atomic E-state index is 0.121. The smallest absolute Gasteiger partial charge is 0.344 e. The number of esters is 1. The second-order valence-electron chi connectivity index (χ2n) is 17.5. The highest BCUT2D eigenvalue weighted by Gasteiger charge is 2.59. The van der Waals surface area contributed by atoms with Crippen molar-refractivity contribution in [3.05, 3.63) is 74.6 Å². The van der Waals surface area contributed by atoms with Crippen LogP contribution in [0.3, 0.4) is 0 Å². The average Bonchev–Trinajstić information content (AvgIpc) is 3.47. The molecule has 0 aliphatic heterocycles. The lowest BCUT2D eigenvalue weighted by atomic mass is 9.47. The van der Waals surface area contributed by atoms with Crippen LogP contribution in [-0.4, -0.2) is 18.7 Å². The zero-order valence-corrected chi connectivity index (χ0v) is 33.6. The van der Waals surface area contributed by atoms with Crippen LogP contribution in [0, 0.1) is 53.3 Å². The number of rotatable bonds is 11. The van der Waals surface area contributed by atoms with Crippen molar-refractivity contribution in [3.8, 4) is 17.2 Å². The summed E-state index contributed by atoms with van der Waals surface area (Å²) in [6.45, 7) is 13.9. The first-order chi connectivity index (χ1) is 24.9. The summed E-state index contributed by atoms with van der Waals surface area (Å²) in [5, 5.41) is 0.378. The van der Waals surface area contributed by atoms with Crippen LogP contribution >= 0.6 is 15.9 Å². The topological polar surface area (TPSA) is 75.0 Å². The van der Waals surface area contributed by atoms with Crippen LogP contribution < -0.4 is 14.9 Å². The molecule has 4 aliphatic rings. The van der Waals surface area contributed by atoms with Crippen LogP contribution in [0.25, 0.3) is 11.0 Å². The van der Waals surface area contributed by atoms with Crippen LogP contribution in [0.2, 0.25) is 0 Å². The first-order valence-corrected chi connectivity index (χ1v) is 20.7. The minimum Gasteiger partial charge on any atom is -0.482 e. The molecule has 0 saturated heterocycles. The third-order valence-electron chi connectivity index (χ3n) is 13.9. The van der Waals surface area contributed by atoms with E-state index in [1.807, 2.05) is 12.1 Å². The van der Waals surface area contributed by atoms with E-state index in [1.54, 1.807) is 37.3 Å². The van der Waals surface area contributed by atoms with Gasteiger partial charge in [0.1, 0.15) is 28.9 Å². The van der Waals surface area contributed by atoms with Gasteiger partial charge in [0.25, 0.3) is 0 Å². The number of hydrogen-bond donors (Lipinski definition) is 0. The molecular formula is C45H57BrO6. The number of aryl methyl sites for hydroxylation is 1. The Morgan fingerprint density at radius 1 is 0.962 bits per heavy atom. The predicted molar refractivity (Wildman–Crippen MR) is 210 cm³/mol. The van der Waals surface area contributed by atoms with Crippen molar-refractivity contribution in [3.63, 3.8) is 0 Å². The van der Waals surface area contributed by atoms with Gasteiger partial charge in [0.05, 0.1) is 5.39 Å². The van der Waals surface area contributed by atoms with Gasteiger partial charge in [0.15, 0.2) is 6.61 Å². The molecule has 0 amide bonds. The van der Waals surface area contributed by atoms with E-state index in [4.69, 9.17) is 18.6 Å². The number of allylic oxidation sites excluding steroid dienone is 1. The Hall–Kier alpha value is -3.06. The van der Waals surface area contributed by atoms with E-state index in [2.05, 4.69) is 56.6 Å². The largest absolute Gasteiger partial charge is 0.482 e. The second-order valence-corrected chi connectivity index (χ2v) is 18.4. The molecule has 3 fully saturated rings. The van der Waals surface area contributed by atoms with Gasteiger partial charge in [-0.2, -0.15) is 0 Å². The highest BCUT2D eigenvalue weighted by atomic mass is 79.9. The van der Waals surface area contributed by atoms with Gasteiger partial charge in [0, 0.05) is 17.0 Å². The van der Waals surface area contributed by atoms with E-state index < -0.39 is 0 Å². The Labute approximate surface area is 318 Å². The number of ether oxygens (including phenoxy) is 3. The summed E-state index contributed by atoms with van der Waals surface area (Å²) in [5.74, 6) is 5.98. The number of halogens is 1. The molecule has 7 heteroatoms. The molecule has 52 heavy (non-hydrogen) atoms. The summed E-state index contributed by atoms with van der Waals surface area (Å²) in [6.07, 6.45) is 16.1. The molecule has 3 aromatic rings. The number of carbonyl (C=O) groups excluding carboxylic acids is 1. The Morgan fingerprint density at radius 3 is 2.50 bits per heavy atom. The van der Waals surface area contributed by atoms with Crippen LogP contribution in [0.1, 0.15) is 111 Å². The molecule has 0 bridgehead atoms. The van der Waals surface area contributed by atoms with Crippen molar-refractivity contribution in [1.82, 2.24) is 0 Å². The summed E-state index contributed by atoms with van der Waals surface area (Å²) in [7, 11) is 0. The van der Waals surface area contributed by atoms with Gasteiger partial charge in [0.2, 0.25) is 11.2 Å². The molecule has 1 heterocycles. The van der Waals surface area contributed by atoms with Crippen LogP contribution in [-0.2, 0) is 9.53 Å². The van der Waals surface area contributed by atoms with Crippen molar-refractivity contribution < 1.29 is 23.4 Å².